The second kappa shape index (κ2) is 8.34. The topological polar surface area (TPSA) is 51.1 Å². The fourth-order valence-electron chi connectivity index (χ4n) is 3.92. The minimum atomic E-state index is -5.13. The molecule has 0 saturated heterocycles. The molecule has 0 N–H and O–H groups in total. The van der Waals surface area contributed by atoms with Crippen LogP contribution in [0.2, 0.25) is 0 Å². The average molecular weight is 432 g/mol. The Hall–Kier alpha value is -2.87. The van der Waals surface area contributed by atoms with Gasteiger partial charge in [0.05, 0.1) is 6.10 Å². The first-order valence-corrected chi connectivity index (χ1v) is 10.2. The molecule has 0 radical (unpaired) electrons. The number of benzene rings is 2. The number of hydrogen-bond donors (Lipinski definition) is 0. The van der Waals surface area contributed by atoms with Gasteiger partial charge in [-0.2, -0.15) is 18.2 Å². The van der Waals surface area contributed by atoms with Crippen molar-refractivity contribution in [2.24, 2.45) is 4.99 Å². The summed E-state index contributed by atoms with van der Waals surface area (Å²) in [7, 11) is 0. The Bertz CT molecular complexity index is 946. The van der Waals surface area contributed by atoms with Crippen molar-refractivity contribution in [3.05, 3.63) is 71.8 Å². The maximum Gasteiger partial charge on any atom is 0.493 e. The van der Waals surface area contributed by atoms with E-state index in [2.05, 4.69) is 0 Å². The summed E-state index contributed by atoms with van der Waals surface area (Å²) in [5, 5.41) is 0.983. The molecule has 2 aromatic rings. The first-order chi connectivity index (χ1) is 14.8. The molecule has 2 unspecified atom stereocenters. The van der Waals surface area contributed by atoms with Crippen molar-refractivity contribution in [3.8, 4) is 0 Å². The van der Waals surface area contributed by atoms with E-state index in [-0.39, 0.29) is 18.5 Å². The highest BCUT2D eigenvalue weighted by atomic mass is 19.4. The Kier molecular flexibility index (Phi) is 5.75. The van der Waals surface area contributed by atoms with Crippen LogP contribution >= 0.6 is 0 Å². The minimum Gasteiger partial charge on any atom is -0.370 e. The summed E-state index contributed by atoms with van der Waals surface area (Å²) in [5.41, 5.74) is 0.467. The van der Waals surface area contributed by atoms with Gasteiger partial charge in [0.1, 0.15) is 18.2 Å². The van der Waals surface area contributed by atoms with Gasteiger partial charge in [-0.3, -0.25) is 4.99 Å². The second-order valence-corrected chi connectivity index (χ2v) is 7.92. The number of carbonyl (C=O) groups excluding carboxylic acids is 1. The van der Waals surface area contributed by atoms with E-state index in [0.717, 1.165) is 29.9 Å². The summed E-state index contributed by atoms with van der Waals surface area (Å²) in [6, 6.07) is 17.4. The number of carbonyl (C=O) groups is 1. The first-order valence-electron chi connectivity index (χ1n) is 10.2. The van der Waals surface area contributed by atoms with Crippen LogP contribution in [0, 0.1) is 0 Å². The maximum atomic E-state index is 13.1. The summed E-state index contributed by atoms with van der Waals surface area (Å²) in [4.78, 5) is 21.5. The largest absolute Gasteiger partial charge is 0.493 e. The second-order valence-electron chi connectivity index (χ2n) is 7.92. The number of nitrogens with zero attached hydrogens (tertiary/aromatic N) is 2. The molecule has 2 atom stereocenters. The molecular formula is C23H23F3N2O3. The van der Waals surface area contributed by atoms with Crippen molar-refractivity contribution >= 4 is 11.8 Å². The summed E-state index contributed by atoms with van der Waals surface area (Å²) in [6.07, 6.45) is -2.24. The monoisotopic (exact) mass is 432 g/mol. The summed E-state index contributed by atoms with van der Waals surface area (Å²) >= 11 is 0. The lowest BCUT2D eigenvalue weighted by molar-refractivity contribution is -0.232. The van der Waals surface area contributed by atoms with E-state index >= 15 is 0 Å². The molecule has 1 heterocycles. The highest BCUT2D eigenvalue weighted by molar-refractivity contribution is 5.88. The molecule has 0 aromatic heterocycles. The Morgan fingerprint density at radius 3 is 2.26 bits per heavy atom. The number of rotatable bonds is 6. The van der Waals surface area contributed by atoms with E-state index in [1.807, 2.05) is 43.3 Å². The molecule has 31 heavy (non-hydrogen) atoms. The van der Waals surface area contributed by atoms with Gasteiger partial charge in [0.25, 0.3) is 0 Å². The number of alkyl halides is 3. The van der Waals surface area contributed by atoms with Gasteiger partial charge in [0.15, 0.2) is 5.84 Å². The Labute approximate surface area is 178 Å². The standard InChI is InChI=1S/C23H23F3N2O3/c1-22(17-11-6-3-7-12-17)20(16-9-4-2-5-10-16)28(31-21(29)23(24,25)26)19(27-22)15-30-18-13-8-14-18/h2-7,9-12,18,20H,8,13-15H2,1H3. The predicted octanol–water partition coefficient (Wildman–Crippen LogP) is 4.95. The number of hydrogen-bond acceptors (Lipinski definition) is 5. The first kappa shape index (κ1) is 21.4. The van der Waals surface area contributed by atoms with Gasteiger partial charge in [0, 0.05) is 0 Å². The van der Waals surface area contributed by atoms with E-state index in [4.69, 9.17) is 14.6 Å². The van der Waals surface area contributed by atoms with Gasteiger partial charge in [-0.1, -0.05) is 60.7 Å². The Morgan fingerprint density at radius 2 is 1.71 bits per heavy atom. The van der Waals surface area contributed by atoms with E-state index in [9.17, 15) is 18.0 Å². The molecule has 1 fully saturated rings. The van der Waals surface area contributed by atoms with Crippen molar-refractivity contribution in [3.63, 3.8) is 0 Å². The maximum absolute atomic E-state index is 13.1. The molecule has 164 valence electrons. The van der Waals surface area contributed by atoms with E-state index in [1.54, 1.807) is 24.3 Å². The molecule has 5 nitrogen and oxygen atoms in total. The highest BCUT2D eigenvalue weighted by Crippen LogP contribution is 2.47. The lowest BCUT2D eigenvalue weighted by Gasteiger charge is -2.35. The zero-order chi connectivity index (χ0) is 22.1. The predicted molar refractivity (Wildman–Crippen MR) is 108 cm³/mol. The quantitative estimate of drug-likeness (QED) is 0.648. The molecule has 0 amide bonds. The van der Waals surface area contributed by atoms with Crippen LogP contribution in [0.4, 0.5) is 13.2 Å². The number of hydroxylamine groups is 2. The molecule has 4 rings (SSSR count). The van der Waals surface area contributed by atoms with Crippen LogP contribution in [0.5, 0.6) is 0 Å². The lowest BCUT2D eigenvalue weighted by Crippen LogP contribution is -2.43. The van der Waals surface area contributed by atoms with Crippen molar-refractivity contribution < 1.29 is 27.5 Å². The SMILES string of the molecule is CC1(c2ccccc2)N=C(COC2CCC2)N(OC(=O)C(F)(F)F)C1c1ccccc1. The molecule has 8 heteroatoms. The third kappa shape index (κ3) is 4.30. The number of aliphatic imine (C=N–C) groups is 1. The third-order valence-electron chi connectivity index (χ3n) is 5.77. The van der Waals surface area contributed by atoms with Crippen LogP contribution in [0.1, 0.15) is 43.4 Å². The average Bonchev–Trinajstić information content (AvgIpc) is 3.00. The zero-order valence-corrected chi connectivity index (χ0v) is 17.0. The molecule has 2 aromatic carbocycles. The fourth-order valence-corrected chi connectivity index (χ4v) is 3.92. The zero-order valence-electron chi connectivity index (χ0n) is 17.0. The van der Waals surface area contributed by atoms with Crippen molar-refractivity contribution in [2.45, 2.75) is 50.0 Å². The van der Waals surface area contributed by atoms with Gasteiger partial charge in [0.2, 0.25) is 0 Å². The van der Waals surface area contributed by atoms with Crippen LogP contribution in [-0.2, 0) is 19.9 Å². The number of amidine groups is 1. The van der Waals surface area contributed by atoms with E-state index in [0.29, 0.717) is 5.56 Å². The molecule has 1 aliphatic carbocycles. The fraction of sp³-hybridized carbons (Fsp3) is 0.391. The van der Waals surface area contributed by atoms with Crippen molar-refractivity contribution in [1.82, 2.24) is 5.06 Å². The van der Waals surface area contributed by atoms with Crippen LogP contribution < -0.4 is 0 Å². The van der Waals surface area contributed by atoms with Gasteiger partial charge < -0.3 is 9.57 Å². The van der Waals surface area contributed by atoms with Gasteiger partial charge in [-0.25, -0.2) is 4.79 Å². The minimum absolute atomic E-state index is 0.0401. The number of halogens is 3. The third-order valence-corrected chi connectivity index (χ3v) is 5.77. The van der Waals surface area contributed by atoms with Gasteiger partial charge in [-0.05, 0) is 37.3 Å². The summed E-state index contributed by atoms with van der Waals surface area (Å²) in [6.45, 7) is 1.78. The van der Waals surface area contributed by atoms with Crippen molar-refractivity contribution in [1.29, 1.82) is 0 Å². The number of ether oxygens (including phenoxy) is 1. The van der Waals surface area contributed by atoms with E-state index < -0.39 is 23.7 Å². The van der Waals surface area contributed by atoms with Crippen LogP contribution in [0.25, 0.3) is 0 Å². The molecule has 1 aliphatic heterocycles. The molecular weight excluding hydrogens is 409 g/mol. The van der Waals surface area contributed by atoms with Crippen LogP contribution in [0.15, 0.2) is 65.7 Å². The molecule has 1 saturated carbocycles. The van der Waals surface area contributed by atoms with E-state index in [1.165, 1.54) is 0 Å². The lowest BCUT2D eigenvalue weighted by atomic mass is 9.82. The highest BCUT2D eigenvalue weighted by Gasteiger charge is 2.52. The van der Waals surface area contributed by atoms with Gasteiger partial charge >= 0.3 is 12.1 Å². The smallest absolute Gasteiger partial charge is 0.370 e. The summed E-state index contributed by atoms with van der Waals surface area (Å²) in [5.74, 6) is -2.13. The molecule has 2 aliphatic rings. The summed E-state index contributed by atoms with van der Waals surface area (Å²) < 4.78 is 45.1. The Morgan fingerprint density at radius 1 is 1.10 bits per heavy atom. The normalized spacial score (nSPS) is 23.9. The van der Waals surface area contributed by atoms with Crippen LogP contribution in [0.3, 0.4) is 0 Å². The van der Waals surface area contributed by atoms with Crippen LogP contribution in [-0.4, -0.2) is 35.8 Å². The Balaban J connectivity index is 1.76. The molecule has 0 bridgehead atoms. The molecule has 0 spiro atoms. The van der Waals surface area contributed by atoms with Gasteiger partial charge in [-0.15, -0.1) is 0 Å². The van der Waals surface area contributed by atoms with Crippen molar-refractivity contribution in [2.75, 3.05) is 6.61 Å².